The van der Waals surface area contributed by atoms with Crippen LogP contribution in [0.15, 0.2) is 72.8 Å². The first-order valence-corrected chi connectivity index (χ1v) is 17.2. The van der Waals surface area contributed by atoms with Crippen LogP contribution in [-0.2, 0) is 14.3 Å². The number of imide groups is 1. The van der Waals surface area contributed by atoms with Crippen LogP contribution in [-0.4, -0.2) is 50.2 Å². The average Bonchev–Trinajstić information content (AvgIpc) is 3.28. The van der Waals surface area contributed by atoms with Crippen molar-refractivity contribution >= 4 is 95.2 Å². The Hall–Kier alpha value is -3.18. The maximum Gasteiger partial charge on any atom is 0.339 e. The van der Waals surface area contributed by atoms with E-state index in [0.717, 1.165) is 12.1 Å². The van der Waals surface area contributed by atoms with Crippen molar-refractivity contribution < 1.29 is 28.3 Å². The molecule has 3 aromatic carbocycles. The molecule has 6 rings (SSSR count). The van der Waals surface area contributed by atoms with Gasteiger partial charge in [0.2, 0.25) is 17.6 Å². The van der Waals surface area contributed by atoms with E-state index in [1.807, 2.05) is 0 Å². The summed E-state index contributed by atoms with van der Waals surface area (Å²) in [5.74, 6) is -2.93. The summed E-state index contributed by atoms with van der Waals surface area (Å²) in [5, 5.41) is 0.721. The Labute approximate surface area is 290 Å². The first-order valence-electron chi connectivity index (χ1n) is 14.5. The van der Waals surface area contributed by atoms with Crippen LogP contribution in [0.5, 0.6) is 0 Å². The molecule has 5 atom stereocenters. The minimum atomic E-state index is -1.21. The number of aromatic nitrogens is 1. The number of carbonyl (C=O) groups excluding carboxylic acids is 4. The van der Waals surface area contributed by atoms with Crippen molar-refractivity contribution in [2.24, 2.45) is 11.8 Å². The third-order valence-electron chi connectivity index (χ3n) is 8.38. The van der Waals surface area contributed by atoms with E-state index in [2.05, 4.69) is 31.9 Å². The zero-order valence-electron chi connectivity index (χ0n) is 24.0. The molecule has 7 nitrogen and oxygen atoms in total. The summed E-state index contributed by atoms with van der Waals surface area (Å²) in [6.07, 6.45) is -0.0212. The lowest BCUT2D eigenvalue weighted by Gasteiger charge is -2.29. The Morgan fingerprint density at radius 3 is 2.20 bits per heavy atom. The van der Waals surface area contributed by atoms with E-state index in [0.29, 0.717) is 45.7 Å². The summed E-state index contributed by atoms with van der Waals surface area (Å²) in [7, 11) is 0. The topological polar surface area (TPSA) is 93.6 Å². The molecular weight excluding hydrogens is 766 g/mol. The molecule has 1 saturated carbocycles. The number of fused-ring (bicyclic) bond motifs is 2. The van der Waals surface area contributed by atoms with E-state index in [4.69, 9.17) is 32.9 Å². The number of para-hydroxylation sites is 1. The van der Waals surface area contributed by atoms with Crippen molar-refractivity contribution in [3.05, 3.63) is 94.8 Å². The second-order valence-electron chi connectivity index (χ2n) is 11.2. The lowest BCUT2D eigenvalue weighted by Crippen LogP contribution is -2.34. The Bertz CT molecular complexity index is 1830. The van der Waals surface area contributed by atoms with Gasteiger partial charge in [-0.1, -0.05) is 67.7 Å². The number of pyridine rings is 1. The van der Waals surface area contributed by atoms with Crippen LogP contribution >= 0.6 is 55.1 Å². The third-order valence-corrected chi connectivity index (χ3v) is 11.6. The van der Waals surface area contributed by atoms with Gasteiger partial charge in [0.25, 0.3) is 0 Å². The highest BCUT2D eigenvalue weighted by Crippen LogP contribution is 2.44. The van der Waals surface area contributed by atoms with Crippen LogP contribution in [0.1, 0.15) is 40.0 Å². The standard InChI is InChI=1S/C34H25Br2Cl2FN2O5/c35-25-14-22-23(15-26(25)36)33(44)41(32(22)43)20-10-6-17(7-11-20)28-16-24(21-2-1-3-27(38)30(21)40-28)34(45)46-29(12-13-37)31(42)18-4-8-19(39)9-5-18/h1-11,16,22-23,25-26,29H,12-15H2. The van der Waals surface area contributed by atoms with Gasteiger partial charge in [-0.2, -0.15) is 0 Å². The number of benzene rings is 3. The lowest BCUT2D eigenvalue weighted by atomic mass is 9.81. The SMILES string of the molecule is O=C(OC(CCCl)C(=O)c1ccc(F)cc1)c1cc(-c2ccc(N3C(=O)C4CC(Br)C(Br)CC4C3=O)cc2)nc2c(Cl)cccc12. The van der Waals surface area contributed by atoms with Crippen molar-refractivity contribution in [2.45, 2.75) is 35.0 Å². The number of nitrogens with zero attached hydrogens (tertiary/aromatic N) is 2. The number of hydrogen-bond donors (Lipinski definition) is 0. The van der Waals surface area contributed by atoms with Crippen molar-refractivity contribution in [2.75, 3.05) is 10.8 Å². The number of rotatable bonds is 8. The first kappa shape index (κ1) is 32.7. The summed E-state index contributed by atoms with van der Waals surface area (Å²) >= 11 is 19.7. The molecule has 2 aliphatic rings. The summed E-state index contributed by atoms with van der Waals surface area (Å²) in [5.41, 5.74) is 2.08. The number of anilines is 1. The number of ketones is 1. The largest absolute Gasteiger partial charge is 0.450 e. The molecule has 46 heavy (non-hydrogen) atoms. The minimum absolute atomic E-state index is 0.0440. The van der Waals surface area contributed by atoms with Crippen molar-refractivity contribution in [3.8, 4) is 11.3 Å². The van der Waals surface area contributed by atoms with Gasteiger partial charge in [-0.15, -0.1) is 11.6 Å². The molecule has 12 heteroatoms. The summed E-state index contributed by atoms with van der Waals surface area (Å²) in [6, 6.07) is 18.3. The molecule has 5 unspecified atom stereocenters. The first-order chi connectivity index (χ1) is 22.1. The third kappa shape index (κ3) is 6.24. The van der Waals surface area contributed by atoms with E-state index in [9.17, 15) is 23.6 Å². The van der Waals surface area contributed by atoms with E-state index in [1.165, 1.54) is 17.0 Å². The summed E-state index contributed by atoms with van der Waals surface area (Å²) in [4.78, 5) is 59.6. The zero-order valence-corrected chi connectivity index (χ0v) is 28.7. The molecule has 0 radical (unpaired) electrons. The molecular formula is C34H25Br2Cl2FN2O5. The molecule has 2 fully saturated rings. The Morgan fingerprint density at radius 1 is 0.957 bits per heavy atom. The van der Waals surface area contributed by atoms with Gasteiger partial charge >= 0.3 is 5.97 Å². The second kappa shape index (κ2) is 13.5. The Kier molecular flexibility index (Phi) is 9.62. The molecule has 1 aliphatic heterocycles. The smallest absolute Gasteiger partial charge is 0.339 e. The fourth-order valence-electron chi connectivity index (χ4n) is 6.00. The van der Waals surface area contributed by atoms with Gasteiger partial charge in [0, 0.05) is 38.5 Å². The van der Waals surface area contributed by atoms with Crippen LogP contribution < -0.4 is 4.90 Å². The van der Waals surface area contributed by atoms with Gasteiger partial charge in [0.1, 0.15) is 5.82 Å². The molecule has 1 aliphatic carbocycles. The van der Waals surface area contributed by atoms with Crippen molar-refractivity contribution in [3.63, 3.8) is 0 Å². The fraction of sp³-hybridized carbons (Fsp3) is 0.265. The van der Waals surface area contributed by atoms with Crippen LogP contribution in [0.3, 0.4) is 0 Å². The highest BCUT2D eigenvalue weighted by Gasteiger charge is 2.52. The highest BCUT2D eigenvalue weighted by molar-refractivity contribution is 9.12. The predicted molar refractivity (Wildman–Crippen MR) is 182 cm³/mol. The minimum Gasteiger partial charge on any atom is -0.450 e. The molecule has 236 valence electrons. The molecule has 2 heterocycles. The Morgan fingerprint density at radius 2 is 1.59 bits per heavy atom. The number of halogens is 5. The number of hydrogen-bond acceptors (Lipinski definition) is 6. The zero-order chi connectivity index (χ0) is 32.7. The molecule has 0 spiro atoms. The average molecular weight is 791 g/mol. The van der Waals surface area contributed by atoms with E-state index < -0.39 is 23.7 Å². The maximum absolute atomic E-state index is 13.7. The van der Waals surface area contributed by atoms with Crippen molar-refractivity contribution in [1.82, 2.24) is 4.98 Å². The molecule has 2 amide bonds. The quantitative estimate of drug-likeness (QED) is 0.0775. The number of Topliss-reactive ketones (excluding diaryl/α,β-unsaturated/α-hetero) is 1. The molecule has 0 N–H and O–H groups in total. The number of alkyl halides is 3. The van der Waals surface area contributed by atoms with Gasteiger partial charge in [-0.3, -0.25) is 19.3 Å². The number of carbonyl (C=O) groups is 4. The fourth-order valence-corrected chi connectivity index (χ4v) is 7.65. The number of esters is 1. The van der Waals surface area contributed by atoms with Gasteiger partial charge in [0.15, 0.2) is 6.10 Å². The summed E-state index contributed by atoms with van der Waals surface area (Å²) in [6.45, 7) is 0. The van der Waals surface area contributed by atoms with E-state index in [-0.39, 0.29) is 56.7 Å². The van der Waals surface area contributed by atoms with E-state index >= 15 is 0 Å². The van der Waals surface area contributed by atoms with E-state index in [1.54, 1.807) is 48.5 Å². The normalized spacial score (nSPS) is 21.7. The van der Waals surface area contributed by atoms with Gasteiger partial charge in [-0.25, -0.2) is 14.2 Å². The van der Waals surface area contributed by atoms with Crippen LogP contribution in [0, 0.1) is 17.7 Å². The molecule has 1 saturated heterocycles. The van der Waals surface area contributed by atoms with Gasteiger partial charge < -0.3 is 4.74 Å². The van der Waals surface area contributed by atoms with Crippen molar-refractivity contribution in [1.29, 1.82) is 0 Å². The number of ether oxygens (including phenoxy) is 1. The van der Waals surface area contributed by atoms with Crippen LogP contribution in [0.25, 0.3) is 22.2 Å². The highest BCUT2D eigenvalue weighted by atomic mass is 79.9. The molecule has 0 bridgehead atoms. The van der Waals surface area contributed by atoms with Gasteiger partial charge in [-0.05, 0) is 61.4 Å². The van der Waals surface area contributed by atoms with Gasteiger partial charge in [0.05, 0.1) is 39.3 Å². The van der Waals surface area contributed by atoms with Crippen LogP contribution in [0.2, 0.25) is 5.02 Å². The Balaban J connectivity index is 1.31. The monoisotopic (exact) mass is 788 g/mol. The van der Waals surface area contributed by atoms with Crippen LogP contribution in [0.4, 0.5) is 10.1 Å². The molecule has 1 aromatic heterocycles. The predicted octanol–water partition coefficient (Wildman–Crippen LogP) is 8.16. The number of amides is 2. The second-order valence-corrected chi connectivity index (χ2v) is 14.3. The molecule has 4 aromatic rings. The summed E-state index contributed by atoms with van der Waals surface area (Å²) < 4.78 is 19.2. The maximum atomic E-state index is 13.7. The lowest BCUT2D eigenvalue weighted by molar-refractivity contribution is -0.122.